The van der Waals surface area contributed by atoms with Crippen molar-refractivity contribution in [2.45, 2.75) is 71.6 Å². The summed E-state index contributed by atoms with van der Waals surface area (Å²) in [6.45, 7) is 10.7. The van der Waals surface area contributed by atoms with Crippen molar-refractivity contribution < 1.29 is 47.8 Å². The molecule has 0 N–H and O–H groups in total. The van der Waals surface area contributed by atoms with Crippen molar-refractivity contribution in [1.82, 2.24) is 19.6 Å². The zero-order valence-corrected chi connectivity index (χ0v) is 25.1. The first-order chi connectivity index (χ1) is 20.0. The van der Waals surface area contributed by atoms with Gasteiger partial charge < -0.3 is 24.0 Å². The quantitative estimate of drug-likeness (QED) is 0.469. The van der Waals surface area contributed by atoms with E-state index in [1.807, 2.05) is 0 Å². The normalized spacial score (nSPS) is 19.4. The number of piperidine rings is 1. The van der Waals surface area contributed by atoms with E-state index in [-0.39, 0.29) is 61.8 Å². The fourth-order valence-corrected chi connectivity index (χ4v) is 4.88. The van der Waals surface area contributed by atoms with Crippen LogP contribution in [0.1, 0.15) is 75.1 Å². The number of hydrogen-bond acceptors (Lipinski definition) is 10. The van der Waals surface area contributed by atoms with Gasteiger partial charge in [0.15, 0.2) is 6.61 Å². The van der Waals surface area contributed by atoms with Crippen LogP contribution >= 0.6 is 0 Å². The summed E-state index contributed by atoms with van der Waals surface area (Å²) in [5.74, 6) is -3.87. The van der Waals surface area contributed by atoms with Crippen LogP contribution in [0.5, 0.6) is 5.75 Å². The molecule has 7 amide bonds. The third-order valence-corrected chi connectivity index (χ3v) is 6.82. The number of rotatable bonds is 4. The Bertz CT molecular complexity index is 1370. The van der Waals surface area contributed by atoms with E-state index in [1.54, 1.807) is 41.5 Å². The zero-order chi connectivity index (χ0) is 31.9. The van der Waals surface area contributed by atoms with Crippen LogP contribution in [0.25, 0.3) is 0 Å². The van der Waals surface area contributed by atoms with Crippen LogP contribution in [-0.4, -0.2) is 111 Å². The van der Waals surface area contributed by atoms with Gasteiger partial charge in [-0.1, -0.05) is 6.07 Å². The number of piperazine rings is 1. The fourth-order valence-electron chi connectivity index (χ4n) is 4.88. The van der Waals surface area contributed by atoms with Gasteiger partial charge in [0.2, 0.25) is 5.91 Å². The summed E-state index contributed by atoms with van der Waals surface area (Å²) in [7, 11) is 0. The number of amides is 7. The Balaban J connectivity index is 1.42. The molecule has 1 aromatic rings. The van der Waals surface area contributed by atoms with Crippen LogP contribution in [-0.2, 0) is 23.9 Å². The minimum absolute atomic E-state index is 0.0255. The maximum absolute atomic E-state index is 13.5. The summed E-state index contributed by atoms with van der Waals surface area (Å²) in [5, 5.41) is 0. The van der Waals surface area contributed by atoms with Crippen LogP contribution in [0.2, 0.25) is 0 Å². The van der Waals surface area contributed by atoms with Gasteiger partial charge in [-0.05, 0) is 60.1 Å². The fraction of sp³-hybridized carbons (Fsp3) is 0.552. The Labute approximate surface area is 248 Å². The first-order valence-electron chi connectivity index (χ1n) is 14.0. The maximum Gasteiger partial charge on any atom is 0.424 e. The summed E-state index contributed by atoms with van der Waals surface area (Å²) in [6.07, 6.45) is -2.06. The van der Waals surface area contributed by atoms with E-state index in [2.05, 4.69) is 0 Å². The minimum Gasteiger partial charge on any atom is -0.483 e. The zero-order valence-electron chi connectivity index (χ0n) is 25.1. The molecule has 0 aromatic heterocycles. The molecule has 3 heterocycles. The van der Waals surface area contributed by atoms with Crippen LogP contribution in [0.3, 0.4) is 0 Å². The highest BCUT2D eigenvalue weighted by atomic mass is 16.6. The van der Waals surface area contributed by atoms with Crippen LogP contribution in [0, 0.1) is 0 Å². The summed E-state index contributed by atoms with van der Waals surface area (Å²) in [6, 6.07) is 2.89. The molecule has 1 unspecified atom stereocenters. The number of hydrogen-bond donors (Lipinski definition) is 0. The SMILES string of the molecule is CC(C)(C)OC(=O)N1CCN(C(=O)COc2cccc3c2C(=O)N(C2CCC(=O)N(C(=O)OC(C)(C)C)C2=O)C3=O)CC1. The van der Waals surface area contributed by atoms with Gasteiger partial charge in [-0.2, -0.15) is 4.90 Å². The number of imide groups is 4. The number of carbonyl (C=O) groups is 7. The van der Waals surface area contributed by atoms with Crippen molar-refractivity contribution in [1.29, 1.82) is 0 Å². The lowest BCUT2D eigenvalue weighted by Gasteiger charge is -2.35. The first-order valence-corrected chi connectivity index (χ1v) is 14.0. The molecule has 1 aromatic carbocycles. The van der Waals surface area contributed by atoms with E-state index in [0.29, 0.717) is 4.90 Å². The molecule has 0 saturated carbocycles. The molecule has 0 bridgehead atoms. The maximum atomic E-state index is 13.5. The van der Waals surface area contributed by atoms with Gasteiger partial charge in [0.25, 0.3) is 23.6 Å². The van der Waals surface area contributed by atoms with E-state index in [1.165, 1.54) is 28.0 Å². The van der Waals surface area contributed by atoms with Crippen molar-refractivity contribution in [2.24, 2.45) is 0 Å². The second kappa shape index (κ2) is 11.7. The summed E-state index contributed by atoms with van der Waals surface area (Å²) in [5.41, 5.74) is -1.78. The van der Waals surface area contributed by atoms with Crippen molar-refractivity contribution in [3.8, 4) is 5.75 Å². The van der Waals surface area contributed by atoms with Crippen molar-refractivity contribution in [2.75, 3.05) is 32.8 Å². The van der Waals surface area contributed by atoms with E-state index < -0.39 is 59.7 Å². The molecule has 1 atom stereocenters. The number of ether oxygens (including phenoxy) is 3. The third kappa shape index (κ3) is 6.78. The number of nitrogens with zero attached hydrogens (tertiary/aromatic N) is 4. The van der Waals surface area contributed by atoms with Gasteiger partial charge in [0.1, 0.15) is 23.0 Å². The summed E-state index contributed by atoms with van der Waals surface area (Å²) >= 11 is 0. The average Bonchev–Trinajstić information content (AvgIpc) is 3.15. The molecule has 0 aliphatic carbocycles. The van der Waals surface area contributed by atoms with Crippen molar-refractivity contribution >= 4 is 41.7 Å². The molecular formula is C29H36N4O10. The highest BCUT2D eigenvalue weighted by Gasteiger charge is 2.50. The van der Waals surface area contributed by atoms with Crippen LogP contribution < -0.4 is 4.74 Å². The standard InChI is InChI=1S/C29H36N4O10/c1-28(2,3)42-26(39)31-14-12-30(13-15-31)21(35)16-41-19-9-7-8-17-22(19)25(38)32(23(17)36)18-10-11-20(34)33(24(18)37)27(40)43-29(4,5)6/h7-9,18H,10-16H2,1-6H3. The monoisotopic (exact) mass is 600 g/mol. The van der Waals surface area contributed by atoms with E-state index >= 15 is 0 Å². The Hall–Kier alpha value is -4.49. The molecule has 14 heteroatoms. The van der Waals surface area contributed by atoms with E-state index in [0.717, 1.165) is 4.90 Å². The largest absolute Gasteiger partial charge is 0.483 e. The third-order valence-electron chi connectivity index (χ3n) is 6.82. The molecule has 43 heavy (non-hydrogen) atoms. The Morgan fingerprint density at radius 3 is 2.00 bits per heavy atom. The molecule has 2 fully saturated rings. The van der Waals surface area contributed by atoms with E-state index in [4.69, 9.17) is 14.2 Å². The van der Waals surface area contributed by atoms with E-state index in [9.17, 15) is 33.6 Å². The Morgan fingerprint density at radius 2 is 1.40 bits per heavy atom. The van der Waals surface area contributed by atoms with Crippen molar-refractivity contribution in [3.05, 3.63) is 29.3 Å². The Kier molecular flexibility index (Phi) is 8.52. The summed E-state index contributed by atoms with van der Waals surface area (Å²) < 4.78 is 16.2. The Morgan fingerprint density at radius 1 is 0.814 bits per heavy atom. The highest BCUT2D eigenvalue weighted by Crippen LogP contribution is 2.34. The second-order valence-electron chi connectivity index (χ2n) is 12.4. The molecule has 2 saturated heterocycles. The lowest BCUT2D eigenvalue weighted by molar-refractivity contribution is -0.150. The predicted molar refractivity (Wildman–Crippen MR) is 148 cm³/mol. The van der Waals surface area contributed by atoms with Gasteiger partial charge in [-0.3, -0.25) is 28.9 Å². The molecule has 3 aliphatic rings. The molecule has 3 aliphatic heterocycles. The number of fused-ring (bicyclic) bond motifs is 1. The molecule has 232 valence electrons. The predicted octanol–water partition coefficient (Wildman–Crippen LogP) is 2.19. The average molecular weight is 601 g/mol. The van der Waals surface area contributed by atoms with Crippen LogP contribution in [0.4, 0.5) is 9.59 Å². The van der Waals surface area contributed by atoms with Gasteiger partial charge in [-0.25, -0.2) is 9.59 Å². The lowest BCUT2D eigenvalue weighted by Crippen LogP contribution is -2.58. The number of benzene rings is 1. The minimum atomic E-state index is -1.41. The second-order valence-corrected chi connectivity index (χ2v) is 12.4. The topological polar surface area (TPSA) is 160 Å². The van der Waals surface area contributed by atoms with Crippen LogP contribution in [0.15, 0.2) is 18.2 Å². The van der Waals surface area contributed by atoms with Gasteiger partial charge >= 0.3 is 12.2 Å². The van der Waals surface area contributed by atoms with Gasteiger partial charge in [0.05, 0.1) is 11.1 Å². The number of carbonyl (C=O) groups excluding carboxylic acids is 7. The summed E-state index contributed by atoms with van der Waals surface area (Å²) in [4.78, 5) is 94.4. The van der Waals surface area contributed by atoms with Gasteiger partial charge in [0, 0.05) is 32.6 Å². The molecule has 0 spiro atoms. The molecule has 4 rings (SSSR count). The molecular weight excluding hydrogens is 564 g/mol. The highest BCUT2D eigenvalue weighted by molar-refractivity contribution is 6.25. The lowest BCUT2D eigenvalue weighted by atomic mass is 10.0. The number of likely N-dealkylation sites (tertiary alicyclic amines) is 1. The molecule has 0 radical (unpaired) electrons. The van der Waals surface area contributed by atoms with Gasteiger partial charge in [-0.15, -0.1) is 0 Å². The molecule has 14 nitrogen and oxygen atoms in total. The first kappa shape index (κ1) is 31.4. The smallest absolute Gasteiger partial charge is 0.424 e. The van der Waals surface area contributed by atoms with Crippen molar-refractivity contribution in [3.63, 3.8) is 0 Å².